The number of rotatable bonds is 1. The highest BCUT2D eigenvalue weighted by atomic mass is 79.9. The Balaban J connectivity index is 2.89. The molecule has 0 aliphatic heterocycles. The van der Waals surface area contributed by atoms with Gasteiger partial charge in [0.2, 0.25) is 0 Å². The summed E-state index contributed by atoms with van der Waals surface area (Å²) < 4.78 is 0.844. The summed E-state index contributed by atoms with van der Waals surface area (Å²) in [7, 11) is 0. The molecule has 0 amide bonds. The monoisotopic (exact) mass is 200 g/mol. The first-order chi connectivity index (χ1) is 4.70. The average Bonchev–Trinajstić information content (AvgIpc) is 1.88. The minimum Gasteiger partial charge on any atom is -0.324 e. The lowest BCUT2D eigenvalue weighted by Crippen LogP contribution is -2.04. The summed E-state index contributed by atoms with van der Waals surface area (Å²) in [5.74, 6) is 0. The molecule has 1 rings (SSSR count). The first-order valence-electron chi connectivity index (χ1n) is 3.07. The second-order valence-electron chi connectivity index (χ2n) is 2.20. The molecular weight excluding hydrogens is 192 g/mol. The van der Waals surface area contributed by atoms with Crippen LogP contribution in [-0.4, -0.2) is 4.98 Å². The van der Waals surface area contributed by atoms with E-state index in [0.717, 1.165) is 10.2 Å². The van der Waals surface area contributed by atoms with Crippen molar-refractivity contribution in [2.45, 2.75) is 13.0 Å². The molecule has 0 spiro atoms. The molecule has 2 nitrogen and oxygen atoms in total. The summed E-state index contributed by atoms with van der Waals surface area (Å²) >= 11 is 3.24. The van der Waals surface area contributed by atoms with Crippen LogP contribution in [0, 0.1) is 0 Å². The minimum absolute atomic E-state index is 0.0700. The Morgan fingerprint density at radius 2 is 2.30 bits per heavy atom. The van der Waals surface area contributed by atoms with E-state index in [-0.39, 0.29) is 6.04 Å². The van der Waals surface area contributed by atoms with E-state index in [9.17, 15) is 0 Å². The van der Waals surface area contributed by atoms with E-state index < -0.39 is 0 Å². The third-order valence-corrected chi connectivity index (χ3v) is 1.75. The van der Waals surface area contributed by atoms with Gasteiger partial charge in [0.05, 0.1) is 0 Å². The van der Waals surface area contributed by atoms with E-state index in [2.05, 4.69) is 20.9 Å². The number of aromatic nitrogens is 1. The van der Waals surface area contributed by atoms with Crippen LogP contribution in [0.2, 0.25) is 0 Å². The maximum Gasteiger partial charge on any atom is 0.106 e. The molecule has 1 atom stereocenters. The molecule has 0 aliphatic rings. The molecule has 0 fully saturated rings. The molecule has 0 radical (unpaired) electrons. The molecule has 1 aromatic heterocycles. The van der Waals surface area contributed by atoms with Gasteiger partial charge in [-0.1, -0.05) is 6.07 Å². The van der Waals surface area contributed by atoms with Crippen LogP contribution in [0.25, 0.3) is 0 Å². The second-order valence-corrected chi connectivity index (χ2v) is 3.02. The molecule has 3 heteroatoms. The summed E-state index contributed by atoms with van der Waals surface area (Å²) in [6.45, 7) is 1.94. The smallest absolute Gasteiger partial charge is 0.106 e. The number of nitrogens with two attached hydrogens (primary N) is 1. The first kappa shape index (κ1) is 7.69. The summed E-state index contributed by atoms with van der Waals surface area (Å²) in [5.41, 5.74) is 6.67. The Morgan fingerprint density at radius 1 is 1.60 bits per heavy atom. The lowest BCUT2D eigenvalue weighted by Gasteiger charge is -2.02. The maximum atomic E-state index is 5.61. The van der Waals surface area contributed by atoms with Gasteiger partial charge in [-0.05, 0) is 34.5 Å². The molecule has 0 saturated heterocycles. The van der Waals surface area contributed by atoms with Crippen LogP contribution in [0.4, 0.5) is 0 Å². The Kier molecular flexibility index (Phi) is 2.40. The molecule has 0 aliphatic carbocycles. The van der Waals surface area contributed by atoms with Gasteiger partial charge in [0.15, 0.2) is 0 Å². The quantitative estimate of drug-likeness (QED) is 0.704. The standard InChI is InChI=1S/C7H9BrN2/c1-5(9)6-2-3-7(8)10-4-6/h2-5H,9H2,1H3/t5-/m1/s1. The SMILES string of the molecule is C[C@@H](N)c1ccc(Br)nc1. The van der Waals surface area contributed by atoms with Crippen LogP contribution in [0.15, 0.2) is 22.9 Å². The molecule has 0 bridgehead atoms. The van der Waals surface area contributed by atoms with Crippen LogP contribution in [0.3, 0.4) is 0 Å². The van der Waals surface area contributed by atoms with Gasteiger partial charge in [-0.2, -0.15) is 0 Å². The van der Waals surface area contributed by atoms with Gasteiger partial charge in [0.25, 0.3) is 0 Å². The average molecular weight is 201 g/mol. The fraction of sp³-hybridized carbons (Fsp3) is 0.286. The largest absolute Gasteiger partial charge is 0.324 e. The molecule has 1 heterocycles. The van der Waals surface area contributed by atoms with E-state index >= 15 is 0 Å². The topological polar surface area (TPSA) is 38.9 Å². The van der Waals surface area contributed by atoms with Crippen LogP contribution < -0.4 is 5.73 Å². The van der Waals surface area contributed by atoms with E-state index in [0.29, 0.717) is 0 Å². The lowest BCUT2D eigenvalue weighted by atomic mass is 10.2. The number of hydrogen-bond acceptors (Lipinski definition) is 2. The van der Waals surface area contributed by atoms with Crippen LogP contribution >= 0.6 is 15.9 Å². The highest BCUT2D eigenvalue weighted by molar-refractivity contribution is 9.10. The van der Waals surface area contributed by atoms with Gasteiger partial charge in [0.1, 0.15) is 4.60 Å². The van der Waals surface area contributed by atoms with E-state index in [1.54, 1.807) is 6.20 Å². The number of hydrogen-bond donors (Lipinski definition) is 1. The first-order valence-corrected chi connectivity index (χ1v) is 3.86. The van der Waals surface area contributed by atoms with Crippen molar-refractivity contribution in [3.63, 3.8) is 0 Å². The molecule has 0 unspecified atom stereocenters. The third-order valence-electron chi connectivity index (χ3n) is 1.28. The van der Waals surface area contributed by atoms with Crippen molar-refractivity contribution in [3.05, 3.63) is 28.5 Å². The number of pyridine rings is 1. The fourth-order valence-electron chi connectivity index (χ4n) is 0.657. The minimum atomic E-state index is 0.0700. The molecular formula is C7H9BrN2. The Morgan fingerprint density at radius 3 is 2.70 bits per heavy atom. The van der Waals surface area contributed by atoms with Crippen molar-refractivity contribution in [2.75, 3.05) is 0 Å². The molecule has 0 saturated carbocycles. The van der Waals surface area contributed by atoms with Crippen molar-refractivity contribution < 1.29 is 0 Å². The molecule has 1 aromatic rings. The van der Waals surface area contributed by atoms with Gasteiger partial charge >= 0.3 is 0 Å². The maximum absolute atomic E-state index is 5.61. The zero-order valence-electron chi connectivity index (χ0n) is 5.71. The zero-order valence-corrected chi connectivity index (χ0v) is 7.30. The third kappa shape index (κ3) is 1.78. The van der Waals surface area contributed by atoms with Crippen LogP contribution in [-0.2, 0) is 0 Å². The normalized spacial score (nSPS) is 13.1. The van der Waals surface area contributed by atoms with Crippen molar-refractivity contribution >= 4 is 15.9 Å². The van der Waals surface area contributed by atoms with Gasteiger partial charge in [-0.3, -0.25) is 0 Å². The summed E-state index contributed by atoms with van der Waals surface area (Å²) in [5, 5.41) is 0. The van der Waals surface area contributed by atoms with E-state index in [4.69, 9.17) is 5.73 Å². The van der Waals surface area contributed by atoms with Crippen molar-refractivity contribution in [2.24, 2.45) is 5.73 Å². The highest BCUT2D eigenvalue weighted by Gasteiger charge is 1.97. The zero-order chi connectivity index (χ0) is 7.56. The number of halogens is 1. The summed E-state index contributed by atoms with van der Waals surface area (Å²) in [4.78, 5) is 4.04. The predicted molar refractivity (Wildman–Crippen MR) is 44.5 cm³/mol. The Bertz CT molecular complexity index is 205. The molecule has 10 heavy (non-hydrogen) atoms. The predicted octanol–water partition coefficient (Wildman–Crippen LogP) is 1.86. The van der Waals surface area contributed by atoms with Crippen LogP contribution in [0.1, 0.15) is 18.5 Å². The molecule has 0 aromatic carbocycles. The van der Waals surface area contributed by atoms with Crippen molar-refractivity contribution in [1.82, 2.24) is 4.98 Å². The lowest BCUT2D eigenvalue weighted by molar-refractivity contribution is 0.810. The van der Waals surface area contributed by atoms with Gasteiger partial charge < -0.3 is 5.73 Å². The van der Waals surface area contributed by atoms with Crippen molar-refractivity contribution in [1.29, 1.82) is 0 Å². The van der Waals surface area contributed by atoms with E-state index in [1.165, 1.54) is 0 Å². The number of nitrogens with zero attached hydrogens (tertiary/aromatic N) is 1. The van der Waals surface area contributed by atoms with E-state index in [1.807, 2.05) is 19.1 Å². The van der Waals surface area contributed by atoms with Gasteiger partial charge in [-0.25, -0.2) is 4.98 Å². The summed E-state index contributed by atoms with van der Waals surface area (Å²) in [6.07, 6.45) is 1.77. The summed E-state index contributed by atoms with van der Waals surface area (Å²) in [6, 6.07) is 3.92. The van der Waals surface area contributed by atoms with Crippen LogP contribution in [0.5, 0.6) is 0 Å². The Labute approximate surface area is 68.6 Å². The Hall–Kier alpha value is -0.410. The van der Waals surface area contributed by atoms with Gasteiger partial charge in [-0.15, -0.1) is 0 Å². The molecule has 2 N–H and O–H groups in total. The fourth-order valence-corrected chi connectivity index (χ4v) is 0.891. The second kappa shape index (κ2) is 3.12. The molecule has 54 valence electrons. The van der Waals surface area contributed by atoms with Gasteiger partial charge in [0, 0.05) is 12.2 Å². The van der Waals surface area contributed by atoms with Crippen molar-refractivity contribution in [3.8, 4) is 0 Å². The highest BCUT2D eigenvalue weighted by Crippen LogP contribution is 2.10.